The number of aryl methyl sites for hydroxylation is 1. The fraction of sp³-hybridized carbons (Fsp3) is 0.391. The molecule has 8 nitrogen and oxygen atoms in total. The Morgan fingerprint density at radius 2 is 2.21 bits per heavy atom. The second-order valence-corrected chi connectivity index (χ2v) is 10.5. The number of aromatic hydroxyl groups is 1. The molecule has 2 aliphatic rings. The largest absolute Gasteiger partial charge is 0.508 e. The third-order valence-corrected chi connectivity index (χ3v) is 7.70. The molecule has 1 aliphatic heterocycles. The molecule has 1 aliphatic carbocycles. The van der Waals surface area contributed by atoms with E-state index in [1.165, 1.54) is 11.3 Å². The monoisotopic (exact) mass is 488 g/mol. The zero-order valence-electron chi connectivity index (χ0n) is 18.3. The average molecular weight is 489 g/mol. The van der Waals surface area contributed by atoms with Crippen LogP contribution in [0.1, 0.15) is 35.8 Å². The zero-order valence-corrected chi connectivity index (χ0v) is 20.0. The van der Waals surface area contributed by atoms with Crippen molar-refractivity contribution in [2.45, 2.75) is 50.5 Å². The summed E-state index contributed by atoms with van der Waals surface area (Å²) in [4.78, 5) is 25.7. The second kappa shape index (κ2) is 10.4. The van der Waals surface area contributed by atoms with E-state index in [0.717, 1.165) is 21.7 Å². The summed E-state index contributed by atoms with van der Waals surface area (Å²) in [6.45, 7) is 2.48. The lowest BCUT2D eigenvalue weighted by Crippen LogP contribution is -2.34. The van der Waals surface area contributed by atoms with Crippen molar-refractivity contribution in [3.8, 4) is 5.75 Å². The lowest BCUT2D eigenvalue weighted by molar-refractivity contribution is -0.116. The van der Waals surface area contributed by atoms with E-state index in [9.17, 15) is 14.7 Å². The Balaban J connectivity index is 1.27. The van der Waals surface area contributed by atoms with E-state index in [1.807, 2.05) is 11.5 Å². The molecule has 1 aromatic carbocycles. The van der Waals surface area contributed by atoms with Gasteiger partial charge in [-0.2, -0.15) is 0 Å². The van der Waals surface area contributed by atoms with Gasteiger partial charge in [-0.15, -0.1) is 23.1 Å². The van der Waals surface area contributed by atoms with Crippen molar-refractivity contribution in [3.63, 3.8) is 0 Å². The third-order valence-electron chi connectivity index (χ3n) is 5.57. The number of nitrogens with one attached hydrogen (secondary N) is 3. The third kappa shape index (κ3) is 6.14. The summed E-state index contributed by atoms with van der Waals surface area (Å²) in [5.74, 6) is 0.0626. The van der Waals surface area contributed by atoms with Gasteiger partial charge in [-0.3, -0.25) is 4.79 Å². The normalized spacial score (nSPS) is 19.2. The molecule has 0 saturated carbocycles. The van der Waals surface area contributed by atoms with Crippen molar-refractivity contribution < 1.29 is 19.4 Å². The Labute approximate surface area is 201 Å². The van der Waals surface area contributed by atoms with Gasteiger partial charge in [0.1, 0.15) is 16.9 Å². The minimum atomic E-state index is -0.430. The molecule has 0 radical (unpaired) electrons. The highest BCUT2D eigenvalue weighted by molar-refractivity contribution is 8.02. The van der Waals surface area contributed by atoms with Crippen LogP contribution < -0.4 is 21.7 Å². The molecule has 0 fully saturated rings. The van der Waals surface area contributed by atoms with E-state index in [4.69, 9.17) is 10.5 Å². The summed E-state index contributed by atoms with van der Waals surface area (Å²) in [6.07, 6.45) is 2.16. The van der Waals surface area contributed by atoms with Crippen LogP contribution >= 0.6 is 23.1 Å². The van der Waals surface area contributed by atoms with E-state index in [1.54, 1.807) is 30.0 Å². The van der Waals surface area contributed by atoms with Gasteiger partial charge < -0.3 is 31.5 Å². The number of alkyl carbamates (subject to hydrolysis) is 1. The number of phenolic OH excluding ortho intramolecular Hbond substituents is 1. The first-order valence-corrected chi connectivity index (χ1v) is 12.7. The number of ether oxygens (including phenoxy) is 1. The smallest absolute Gasteiger partial charge is 0.407 e. The van der Waals surface area contributed by atoms with Crippen molar-refractivity contribution in [1.82, 2.24) is 10.6 Å². The predicted molar refractivity (Wildman–Crippen MR) is 132 cm³/mol. The summed E-state index contributed by atoms with van der Waals surface area (Å²) < 4.78 is 5.61. The number of rotatable bonds is 7. The van der Waals surface area contributed by atoms with Gasteiger partial charge in [0.2, 0.25) is 5.91 Å². The van der Waals surface area contributed by atoms with Crippen LogP contribution in [0, 0.1) is 0 Å². The van der Waals surface area contributed by atoms with Crippen LogP contribution in [0.25, 0.3) is 0 Å². The Bertz CT molecular complexity index is 1070. The molecular weight excluding hydrogens is 460 g/mol. The lowest BCUT2D eigenvalue weighted by atomic mass is 9.95. The molecule has 2 amide bonds. The van der Waals surface area contributed by atoms with Crippen LogP contribution in [0.15, 0.2) is 35.4 Å². The SMILES string of the molecule is CC1NC(CNC(=O)OC2CCc3c(sc(NC(=O)CCc4cccc(O)c4)c3N)C2)=CS1. The Hall–Kier alpha value is -2.85. The van der Waals surface area contributed by atoms with E-state index in [-0.39, 0.29) is 17.8 Å². The standard InChI is InChI=1S/C23H28N4O4S2/c1-13-26-15(12-32-13)11-25-23(30)31-17-6-7-18-19(10-17)33-22(21(18)24)27-20(29)8-5-14-3-2-4-16(28)9-14/h2-4,9,12-13,17,26,28H,5-8,10-11,24H2,1H3,(H,25,30)(H,27,29). The van der Waals surface area contributed by atoms with Crippen LogP contribution in [0.3, 0.4) is 0 Å². The molecule has 2 aromatic rings. The van der Waals surface area contributed by atoms with Crippen molar-refractivity contribution in [3.05, 3.63) is 51.4 Å². The number of phenols is 1. The van der Waals surface area contributed by atoms with Gasteiger partial charge in [-0.1, -0.05) is 12.1 Å². The van der Waals surface area contributed by atoms with Gasteiger partial charge in [-0.25, -0.2) is 4.79 Å². The summed E-state index contributed by atoms with van der Waals surface area (Å²) >= 11 is 3.13. The van der Waals surface area contributed by atoms with Crippen molar-refractivity contribution in [2.75, 3.05) is 17.6 Å². The maximum Gasteiger partial charge on any atom is 0.407 e. The van der Waals surface area contributed by atoms with Crippen LogP contribution in [-0.2, 0) is 28.8 Å². The lowest BCUT2D eigenvalue weighted by Gasteiger charge is -2.22. The van der Waals surface area contributed by atoms with E-state index >= 15 is 0 Å². The molecule has 10 heteroatoms. The Morgan fingerprint density at radius 3 is 2.97 bits per heavy atom. The summed E-state index contributed by atoms with van der Waals surface area (Å²) in [7, 11) is 0. The number of carbonyl (C=O) groups is 2. The first-order chi connectivity index (χ1) is 15.9. The number of hydrogen-bond acceptors (Lipinski definition) is 8. The zero-order chi connectivity index (χ0) is 23.4. The topological polar surface area (TPSA) is 126 Å². The average Bonchev–Trinajstić information content (AvgIpc) is 3.33. The maximum atomic E-state index is 12.4. The van der Waals surface area contributed by atoms with E-state index in [0.29, 0.717) is 54.7 Å². The van der Waals surface area contributed by atoms with Gasteiger partial charge in [0.25, 0.3) is 0 Å². The minimum Gasteiger partial charge on any atom is -0.508 e. The van der Waals surface area contributed by atoms with Crippen molar-refractivity contribution in [1.29, 1.82) is 0 Å². The molecule has 0 saturated heterocycles. The first kappa shape index (κ1) is 23.3. The van der Waals surface area contributed by atoms with Crippen LogP contribution in [0.4, 0.5) is 15.5 Å². The Morgan fingerprint density at radius 1 is 1.36 bits per heavy atom. The highest BCUT2D eigenvalue weighted by atomic mass is 32.2. The number of carbonyl (C=O) groups excluding carboxylic acids is 2. The van der Waals surface area contributed by atoms with Crippen LogP contribution in [0.2, 0.25) is 0 Å². The molecule has 2 atom stereocenters. The van der Waals surface area contributed by atoms with Gasteiger partial charge >= 0.3 is 6.09 Å². The van der Waals surface area contributed by atoms with Gasteiger partial charge in [0.05, 0.1) is 17.6 Å². The number of anilines is 2. The molecule has 2 unspecified atom stereocenters. The number of amides is 2. The summed E-state index contributed by atoms with van der Waals surface area (Å²) in [5, 5.41) is 21.5. The summed E-state index contributed by atoms with van der Waals surface area (Å²) in [5.41, 5.74) is 9.82. The molecule has 0 bridgehead atoms. The first-order valence-electron chi connectivity index (χ1n) is 10.9. The van der Waals surface area contributed by atoms with Crippen molar-refractivity contribution >= 4 is 45.8 Å². The quantitative estimate of drug-likeness (QED) is 0.402. The highest BCUT2D eigenvalue weighted by Crippen LogP contribution is 2.40. The molecule has 4 rings (SSSR count). The van der Waals surface area contributed by atoms with E-state index < -0.39 is 6.09 Å². The van der Waals surface area contributed by atoms with Gasteiger partial charge in [0, 0.05) is 23.4 Å². The number of hydrogen-bond donors (Lipinski definition) is 5. The molecule has 176 valence electrons. The van der Waals surface area contributed by atoms with Crippen LogP contribution in [0.5, 0.6) is 5.75 Å². The Kier molecular flexibility index (Phi) is 7.34. The van der Waals surface area contributed by atoms with Crippen molar-refractivity contribution in [2.24, 2.45) is 0 Å². The fourth-order valence-electron chi connectivity index (χ4n) is 3.90. The van der Waals surface area contributed by atoms with Crippen LogP contribution in [-0.4, -0.2) is 35.1 Å². The number of nitrogen functional groups attached to an aromatic ring is 1. The number of fused-ring (bicyclic) bond motifs is 1. The second-order valence-electron chi connectivity index (χ2n) is 8.15. The van der Waals surface area contributed by atoms with Gasteiger partial charge in [0.15, 0.2) is 0 Å². The van der Waals surface area contributed by atoms with Gasteiger partial charge in [-0.05, 0) is 54.9 Å². The minimum absolute atomic E-state index is 0.127. The predicted octanol–water partition coefficient (Wildman–Crippen LogP) is 3.71. The van der Waals surface area contributed by atoms with E-state index in [2.05, 4.69) is 22.9 Å². The summed E-state index contributed by atoms with van der Waals surface area (Å²) in [6, 6.07) is 6.89. The fourth-order valence-corrected chi connectivity index (χ4v) is 5.89. The molecule has 6 N–H and O–H groups in total. The number of thiophene rings is 1. The number of benzene rings is 1. The molecular formula is C23H28N4O4S2. The highest BCUT2D eigenvalue weighted by Gasteiger charge is 2.27. The number of nitrogens with two attached hydrogens (primary N) is 1. The molecule has 2 heterocycles. The maximum absolute atomic E-state index is 12.4. The molecule has 33 heavy (non-hydrogen) atoms. The number of thioether (sulfide) groups is 1. The molecule has 0 spiro atoms. The molecule has 1 aromatic heterocycles.